The van der Waals surface area contributed by atoms with Crippen LogP contribution in [0.3, 0.4) is 0 Å². The van der Waals surface area contributed by atoms with Gasteiger partial charge in [0.1, 0.15) is 11.4 Å². The van der Waals surface area contributed by atoms with Crippen LogP contribution in [0.25, 0.3) is 0 Å². The van der Waals surface area contributed by atoms with Crippen LogP contribution in [0.2, 0.25) is 0 Å². The molecular formula is C18H17F3N2O3. The first kappa shape index (κ1) is 18.1. The number of amides is 2. The van der Waals surface area contributed by atoms with E-state index in [-0.39, 0.29) is 25.3 Å². The number of fused-ring (bicyclic) bond motifs is 1. The molecule has 138 valence electrons. The van der Waals surface area contributed by atoms with Crippen LogP contribution in [0.1, 0.15) is 17.5 Å². The molecule has 2 amide bonds. The van der Waals surface area contributed by atoms with Gasteiger partial charge < -0.3 is 20.5 Å². The van der Waals surface area contributed by atoms with Crippen molar-refractivity contribution >= 4 is 11.7 Å². The van der Waals surface area contributed by atoms with E-state index < -0.39 is 23.4 Å². The van der Waals surface area contributed by atoms with Gasteiger partial charge in [0.15, 0.2) is 0 Å². The minimum atomic E-state index is -4.58. The average Bonchev–Trinajstić information content (AvgIpc) is 2.60. The highest BCUT2D eigenvalue weighted by molar-refractivity contribution is 5.90. The second kappa shape index (κ2) is 6.87. The number of aliphatic hydroxyl groups is 1. The van der Waals surface area contributed by atoms with E-state index in [2.05, 4.69) is 10.6 Å². The van der Waals surface area contributed by atoms with Crippen LogP contribution >= 0.6 is 0 Å². The van der Waals surface area contributed by atoms with Gasteiger partial charge in [0.05, 0.1) is 24.4 Å². The Morgan fingerprint density at radius 1 is 1.15 bits per heavy atom. The first-order valence-corrected chi connectivity index (χ1v) is 7.95. The highest BCUT2D eigenvalue weighted by Gasteiger charge is 2.36. The third kappa shape index (κ3) is 3.75. The van der Waals surface area contributed by atoms with E-state index in [1.54, 1.807) is 24.3 Å². The van der Waals surface area contributed by atoms with Gasteiger partial charge in [-0.2, -0.15) is 13.2 Å². The smallest absolute Gasteiger partial charge is 0.418 e. The number of hydrogen-bond donors (Lipinski definition) is 3. The lowest BCUT2D eigenvalue weighted by atomic mass is 9.88. The lowest BCUT2D eigenvalue weighted by molar-refractivity contribution is -0.136. The van der Waals surface area contributed by atoms with Gasteiger partial charge >= 0.3 is 12.2 Å². The summed E-state index contributed by atoms with van der Waals surface area (Å²) in [4.78, 5) is 12.1. The third-order valence-corrected chi connectivity index (χ3v) is 4.18. The van der Waals surface area contributed by atoms with Gasteiger partial charge in [-0.05, 0) is 18.2 Å². The first-order valence-electron chi connectivity index (χ1n) is 7.95. The van der Waals surface area contributed by atoms with Gasteiger partial charge in [-0.3, -0.25) is 0 Å². The molecule has 8 heteroatoms. The Morgan fingerprint density at radius 3 is 2.62 bits per heavy atom. The molecule has 1 aliphatic rings. The summed E-state index contributed by atoms with van der Waals surface area (Å²) in [6, 6.07) is 10.8. The van der Waals surface area contributed by atoms with Crippen molar-refractivity contribution < 1.29 is 27.8 Å². The zero-order valence-electron chi connectivity index (χ0n) is 13.6. The highest BCUT2D eigenvalue weighted by atomic mass is 19.4. The van der Waals surface area contributed by atoms with Gasteiger partial charge in [-0.15, -0.1) is 0 Å². The number of para-hydroxylation sites is 2. The maximum Gasteiger partial charge on any atom is 0.418 e. The standard InChI is InChI=1S/C18H17F3N2O3/c19-18(20,21)12-5-1-3-7-14(12)23-16(24)22-11-17(25)9-10-26-15-8-4-2-6-13(15)17/h1-8,25H,9-11H2,(H2,22,23,24). The second-order valence-corrected chi connectivity index (χ2v) is 5.98. The van der Waals surface area contributed by atoms with Crippen molar-refractivity contribution in [2.24, 2.45) is 0 Å². The molecule has 0 radical (unpaired) electrons. The second-order valence-electron chi connectivity index (χ2n) is 5.98. The Kier molecular flexibility index (Phi) is 4.78. The molecule has 2 aromatic rings. The topological polar surface area (TPSA) is 70.6 Å². The minimum Gasteiger partial charge on any atom is -0.493 e. The van der Waals surface area contributed by atoms with E-state index in [0.29, 0.717) is 11.3 Å². The molecule has 3 rings (SSSR count). The van der Waals surface area contributed by atoms with Crippen LogP contribution in [0.15, 0.2) is 48.5 Å². The number of anilines is 1. The van der Waals surface area contributed by atoms with E-state index in [1.807, 2.05) is 0 Å². The molecule has 0 aromatic heterocycles. The third-order valence-electron chi connectivity index (χ3n) is 4.18. The monoisotopic (exact) mass is 366 g/mol. The van der Waals surface area contributed by atoms with Crippen molar-refractivity contribution in [1.82, 2.24) is 5.32 Å². The molecular weight excluding hydrogens is 349 g/mol. The molecule has 5 nitrogen and oxygen atoms in total. The van der Waals surface area contributed by atoms with Gasteiger partial charge in [0, 0.05) is 12.0 Å². The van der Waals surface area contributed by atoms with E-state index >= 15 is 0 Å². The number of carbonyl (C=O) groups excluding carboxylic acids is 1. The number of nitrogens with one attached hydrogen (secondary N) is 2. The number of urea groups is 1. The summed E-state index contributed by atoms with van der Waals surface area (Å²) in [7, 11) is 0. The van der Waals surface area contributed by atoms with E-state index in [9.17, 15) is 23.1 Å². The van der Waals surface area contributed by atoms with E-state index in [1.165, 1.54) is 18.2 Å². The fourth-order valence-electron chi connectivity index (χ4n) is 2.86. The molecule has 0 saturated heterocycles. The Bertz CT molecular complexity index is 810. The molecule has 1 heterocycles. The molecule has 1 atom stereocenters. The van der Waals surface area contributed by atoms with E-state index in [4.69, 9.17) is 4.74 Å². The fraction of sp³-hybridized carbons (Fsp3) is 0.278. The van der Waals surface area contributed by atoms with Crippen molar-refractivity contribution in [2.45, 2.75) is 18.2 Å². The summed E-state index contributed by atoms with van der Waals surface area (Å²) >= 11 is 0. The number of halogens is 3. The summed E-state index contributed by atoms with van der Waals surface area (Å²) in [6.07, 6.45) is -4.33. The maximum atomic E-state index is 13.0. The first-order chi connectivity index (χ1) is 12.3. The molecule has 1 aliphatic heterocycles. The number of ether oxygens (including phenoxy) is 1. The van der Waals surface area contributed by atoms with Gasteiger partial charge in [0.2, 0.25) is 0 Å². The largest absolute Gasteiger partial charge is 0.493 e. The van der Waals surface area contributed by atoms with Crippen molar-refractivity contribution in [3.05, 3.63) is 59.7 Å². The molecule has 2 aromatic carbocycles. The number of carbonyl (C=O) groups is 1. The van der Waals surface area contributed by atoms with Crippen LogP contribution in [-0.4, -0.2) is 24.3 Å². The number of benzene rings is 2. The average molecular weight is 366 g/mol. The van der Waals surface area contributed by atoms with Crippen molar-refractivity contribution in [3.63, 3.8) is 0 Å². The summed E-state index contributed by atoms with van der Waals surface area (Å²) in [5, 5.41) is 15.4. The van der Waals surface area contributed by atoms with Crippen molar-refractivity contribution in [1.29, 1.82) is 0 Å². The SMILES string of the molecule is O=C(NCC1(O)CCOc2ccccc21)Nc1ccccc1C(F)(F)F. The zero-order valence-corrected chi connectivity index (χ0v) is 13.6. The minimum absolute atomic E-state index is 0.159. The Hall–Kier alpha value is -2.74. The van der Waals surface area contributed by atoms with Crippen LogP contribution in [0, 0.1) is 0 Å². The normalized spacial score (nSPS) is 19.2. The number of hydrogen-bond acceptors (Lipinski definition) is 3. The predicted octanol–water partition coefficient (Wildman–Crippen LogP) is 3.50. The molecule has 0 aliphatic carbocycles. The van der Waals surface area contributed by atoms with Crippen LogP contribution < -0.4 is 15.4 Å². The lowest BCUT2D eigenvalue weighted by Crippen LogP contribution is -2.45. The molecule has 3 N–H and O–H groups in total. The number of rotatable bonds is 3. The summed E-state index contributed by atoms with van der Waals surface area (Å²) < 4.78 is 44.4. The van der Waals surface area contributed by atoms with Crippen LogP contribution in [-0.2, 0) is 11.8 Å². The molecule has 0 bridgehead atoms. The Morgan fingerprint density at radius 2 is 1.85 bits per heavy atom. The molecule has 26 heavy (non-hydrogen) atoms. The van der Waals surface area contributed by atoms with Crippen LogP contribution in [0.4, 0.5) is 23.7 Å². The molecule has 0 saturated carbocycles. The summed E-state index contributed by atoms with van der Waals surface area (Å²) in [6.45, 7) is 0.112. The molecule has 1 unspecified atom stereocenters. The van der Waals surface area contributed by atoms with Crippen LogP contribution in [0.5, 0.6) is 5.75 Å². The molecule has 0 fully saturated rings. The summed E-state index contributed by atoms with van der Waals surface area (Å²) in [5.41, 5.74) is -2.11. The fourth-order valence-corrected chi connectivity index (χ4v) is 2.86. The summed E-state index contributed by atoms with van der Waals surface area (Å²) in [5.74, 6) is 0.519. The van der Waals surface area contributed by atoms with Gasteiger partial charge in [-0.1, -0.05) is 30.3 Å². The highest BCUT2D eigenvalue weighted by Crippen LogP contribution is 2.37. The Labute approximate surface area is 147 Å². The van der Waals surface area contributed by atoms with Gasteiger partial charge in [-0.25, -0.2) is 4.79 Å². The Balaban J connectivity index is 1.69. The zero-order chi connectivity index (χ0) is 18.8. The number of alkyl halides is 3. The predicted molar refractivity (Wildman–Crippen MR) is 88.9 cm³/mol. The molecule has 0 spiro atoms. The van der Waals surface area contributed by atoms with Crippen molar-refractivity contribution in [3.8, 4) is 5.75 Å². The maximum absolute atomic E-state index is 13.0. The lowest BCUT2D eigenvalue weighted by Gasteiger charge is -2.34. The quantitative estimate of drug-likeness (QED) is 0.779. The van der Waals surface area contributed by atoms with E-state index in [0.717, 1.165) is 6.07 Å². The van der Waals surface area contributed by atoms with Crippen molar-refractivity contribution in [2.75, 3.05) is 18.5 Å². The van der Waals surface area contributed by atoms with Gasteiger partial charge in [0.25, 0.3) is 0 Å².